The maximum absolute atomic E-state index is 12.5. The summed E-state index contributed by atoms with van der Waals surface area (Å²) in [5, 5.41) is 6.50. The largest absolute Gasteiger partial charge is 0.401 e. The number of halogens is 3. The summed E-state index contributed by atoms with van der Waals surface area (Å²) in [6.07, 6.45) is -1.22. The van der Waals surface area contributed by atoms with Crippen LogP contribution in [0.3, 0.4) is 0 Å². The number of hydrogen-bond donors (Lipinski definition) is 2. The summed E-state index contributed by atoms with van der Waals surface area (Å²) in [5.74, 6) is 0.715. The Labute approximate surface area is 161 Å². The fourth-order valence-electron chi connectivity index (χ4n) is 3.67. The molecule has 0 aliphatic carbocycles. The van der Waals surface area contributed by atoms with E-state index in [1.807, 2.05) is 6.92 Å². The third-order valence-corrected chi connectivity index (χ3v) is 5.07. The van der Waals surface area contributed by atoms with E-state index in [-0.39, 0.29) is 6.04 Å². The van der Waals surface area contributed by atoms with Crippen molar-refractivity contribution in [2.45, 2.75) is 38.4 Å². The van der Waals surface area contributed by atoms with Crippen LogP contribution in [0.4, 0.5) is 13.2 Å². The molecule has 2 saturated heterocycles. The van der Waals surface area contributed by atoms with Crippen molar-refractivity contribution in [3.8, 4) is 0 Å². The van der Waals surface area contributed by atoms with E-state index in [1.54, 1.807) is 0 Å². The van der Waals surface area contributed by atoms with Gasteiger partial charge in [0.05, 0.1) is 6.54 Å². The topological polar surface area (TPSA) is 46.1 Å². The van der Waals surface area contributed by atoms with Crippen LogP contribution in [-0.4, -0.2) is 105 Å². The van der Waals surface area contributed by atoms with Crippen LogP contribution in [0.2, 0.25) is 0 Å². The van der Waals surface area contributed by atoms with E-state index in [2.05, 4.69) is 32.5 Å². The zero-order chi connectivity index (χ0) is 19.7. The van der Waals surface area contributed by atoms with Crippen molar-refractivity contribution >= 4 is 5.96 Å². The molecule has 2 rings (SSSR count). The second-order valence-corrected chi connectivity index (χ2v) is 7.59. The lowest BCUT2D eigenvalue weighted by Gasteiger charge is -2.20. The molecule has 6 nitrogen and oxygen atoms in total. The van der Waals surface area contributed by atoms with Crippen LogP contribution < -0.4 is 10.6 Å². The van der Waals surface area contributed by atoms with Crippen molar-refractivity contribution < 1.29 is 13.2 Å². The number of rotatable bonds is 7. The van der Waals surface area contributed by atoms with Gasteiger partial charge in [-0.3, -0.25) is 9.89 Å². The van der Waals surface area contributed by atoms with Gasteiger partial charge in [-0.2, -0.15) is 13.2 Å². The van der Waals surface area contributed by atoms with E-state index in [0.717, 1.165) is 52.2 Å². The Kier molecular flexibility index (Phi) is 9.11. The molecule has 9 heteroatoms. The first kappa shape index (κ1) is 22.2. The molecule has 0 aromatic carbocycles. The highest BCUT2D eigenvalue weighted by molar-refractivity contribution is 5.80. The molecule has 0 saturated carbocycles. The van der Waals surface area contributed by atoms with Crippen molar-refractivity contribution in [3.05, 3.63) is 0 Å². The standard InChI is InChI=1S/C18H35F3N6/c1-3-22-17(24-16-6-11-27(14-16)15-18(19,20)21)23-7-4-9-26-10-5-8-25(2)12-13-26/h16H,3-15H2,1-2H3,(H2,22,23,24). The third kappa shape index (κ3) is 9.12. The molecule has 0 radical (unpaired) electrons. The quantitative estimate of drug-likeness (QED) is 0.387. The first-order valence-electron chi connectivity index (χ1n) is 10.1. The molecular formula is C18H35F3N6. The van der Waals surface area contributed by atoms with Crippen LogP contribution in [-0.2, 0) is 0 Å². The molecule has 0 amide bonds. The second-order valence-electron chi connectivity index (χ2n) is 7.59. The molecule has 0 aromatic heterocycles. The van der Waals surface area contributed by atoms with Gasteiger partial charge in [0.1, 0.15) is 0 Å². The van der Waals surface area contributed by atoms with E-state index in [4.69, 9.17) is 0 Å². The third-order valence-electron chi connectivity index (χ3n) is 5.07. The fraction of sp³-hybridized carbons (Fsp3) is 0.944. The van der Waals surface area contributed by atoms with Gasteiger partial charge < -0.3 is 20.4 Å². The number of nitrogens with one attached hydrogen (secondary N) is 2. The summed E-state index contributed by atoms with van der Waals surface area (Å²) < 4.78 is 37.6. The summed E-state index contributed by atoms with van der Waals surface area (Å²) >= 11 is 0. The van der Waals surface area contributed by atoms with E-state index in [1.165, 1.54) is 11.3 Å². The highest BCUT2D eigenvalue weighted by Crippen LogP contribution is 2.19. The van der Waals surface area contributed by atoms with Crippen molar-refractivity contribution in [1.29, 1.82) is 0 Å². The van der Waals surface area contributed by atoms with Crippen molar-refractivity contribution in [3.63, 3.8) is 0 Å². The average molecular weight is 393 g/mol. The first-order valence-corrected chi connectivity index (χ1v) is 10.1. The Hall–Kier alpha value is -1.06. The van der Waals surface area contributed by atoms with E-state index in [9.17, 15) is 13.2 Å². The summed E-state index contributed by atoms with van der Waals surface area (Å²) in [4.78, 5) is 10.9. The Morgan fingerprint density at radius 1 is 1.11 bits per heavy atom. The number of likely N-dealkylation sites (tertiary alicyclic amines) is 1. The van der Waals surface area contributed by atoms with Crippen LogP contribution in [0, 0.1) is 0 Å². The number of aliphatic imine (C=N–C) groups is 1. The smallest absolute Gasteiger partial charge is 0.357 e. The normalized spacial score (nSPS) is 24.2. The molecule has 2 fully saturated rings. The molecule has 2 aliphatic heterocycles. The molecule has 0 spiro atoms. The predicted octanol–water partition coefficient (Wildman–Crippen LogP) is 1.21. The maximum atomic E-state index is 12.5. The van der Waals surface area contributed by atoms with Gasteiger partial charge in [0.25, 0.3) is 0 Å². The minimum atomic E-state index is -4.13. The number of hydrogen-bond acceptors (Lipinski definition) is 4. The van der Waals surface area contributed by atoms with Crippen LogP contribution in [0.5, 0.6) is 0 Å². The van der Waals surface area contributed by atoms with E-state index >= 15 is 0 Å². The average Bonchev–Trinajstić information content (AvgIpc) is 2.89. The highest BCUT2D eigenvalue weighted by atomic mass is 19.4. The summed E-state index contributed by atoms with van der Waals surface area (Å²) in [6, 6.07) is 0.0197. The van der Waals surface area contributed by atoms with Crippen LogP contribution in [0.1, 0.15) is 26.2 Å². The minimum Gasteiger partial charge on any atom is -0.357 e. The van der Waals surface area contributed by atoms with Crippen molar-refractivity contribution in [2.24, 2.45) is 4.99 Å². The molecule has 158 valence electrons. The van der Waals surface area contributed by atoms with Crippen molar-refractivity contribution in [2.75, 3.05) is 72.5 Å². The zero-order valence-corrected chi connectivity index (χ0v) is 16.7. The van der Waals surface area contributed by atoms with Gasteiger partial charge in [-0.1, -0.05) is 0 Å². The zero-order valence-electron chi connectivity index (χ0n) is 16.7. The lowest BCUT2D eigenvalue weighted by Crippen LogP contribution is -2.45. The van der Waals surface area contributed by atoms with E-state index < -0.39 is 12.7 Å². The number of guanidine groups is 1. The van der Waals surface area contributed by atoms with Gasteiger partial charge in [0.15, 0.2) is 5.96 Å². The first-order chi connectivity index (χ1) is 12.9. The van der Waals surface area contributed by atoms with Gasteiger partial charge in [-0.05, 0) is 52.9 Å². The molecule has 2 heterocycles. The van der Waals surface area contributed by atoms with Crippen molar-refractivity contribution in [1.82, 2.24) is 25.3 Å². The van der Waals surface area contributed by atoms with Gasteiger partial charge in [0, 0.05) is 45.3 Å². The molecule has 27 heavy (non-hydrogen) atoms. The molecule has 1 unspecified atom stereocenters. The Bertz CT molecular complexity index is 457. The molecular weight excluding hydrogens is 357 g/mol. The monoisotopic (exact) mass is 392 g/mol. The maximum Gasteiger partial charge on any atom is 0.401 e. The van der Waals surface area contributed by atoms with Gasteiger partial charge in [-0.15, -0.1) is 0 Å². The van der Waals surface area contributed by atoms with Gasteiger partial charge >= 0.3 is 6.18 Å². The highest BCUT2D eigenvalue weighted by Gasteiger charge is 2.34. The lowest BCUT2D eigenvalue weighted by molar-refractivity contribution is -0.143. The lowest BCUT2D eigenvalue weighted by atomic mass is 10.3. The summed E-state index contributed by atoms with van der Waals surface area (Å²) in [5.41, 5.74) is 0. The number of alkyl halides is 3. The molecule has 0 bridgehead atoms. The van der Waals surface area contributed by atoms with Crippen LogP contribution in [0.15, 0.2) is 4.99 Å². The Balaban J connectivity index is 1.71. The summed E-state index contributed by atoms with van der Waals surface area (Å²) in [6.45, 7) is 9.08. The van der Waals surface area contributed by atoms with Crippen LogP contribution >= 0.6 is 0 Å². The second kappa shape index (κ2) is 11.1. The Morgan fingerprint density at radius 2 is 1.93 bits per heavy atom. The predicted molar refractivity (Wildman–Crippen MR) is 103 cm³/mol. The Morgan fingerprint density at radius 3 is 2.67 bits per heavy atom. The summed E-state index contributed by atoms with van der Waals surface area (Å²) in [7, 11) is 2.17. The molecule has 2 aliphatic rings. The minimum absolute atomic E-state index is 0.0197. The van der Waals surface area contributed by atoms with Crippen LogP contribution in [0.25, 0.3) is 0 Å². The number of likely N-dealkylation sites (N-methyl/N-ethyl adjacent to an activating group) is 1. The van der Waals surface area contributed by atoms with E-state index in [0.29, 0.717) is 25.5 Å². The number of nitrogens with zero attached hydrogens (tertiary/aromatic N) is 4. The molecule has 2 N–H and O–H groups in total. The van der Waals surface area contributed by atoms with Gasteiger partial charge in [0.2, 0.25) is 0 Å². The molecule has 0 aromatic rings. The van der Waals surface area contributed by atoms with Gasteiger partial charge in [-0.25, -0.2) is 0 Å². The SMILES string of the molecule is CCNC(=NCCCN1CCCN(C)CC1)NC1CCN(CC(F)(F)F)C1. The molecule has 1 atom stereocenters. The fourth-order valence-corrected chi connectivity index (χ4v) is 3.67.